The highest BCUT2D eigenvalue weighted by molar-refractivity contribution is 7.86. The second kappa shape index (κ2) is 9.52. The SMILES string of the molecule is COc1ccc(CN(c2cccc(F)n2)S(=O)c2c(F)cc(F)c(Cl)c2F)c(OC)c1. The summed E-state index contributed by atoms with van der Waals surface area (Å²) >= 11 is 5.54. The first-order chi connectivity index (χ1) is 14.8. The normalized spacial score (nSPS) is 11.8. The van der Waals surface area contributed by atoms with Gasteiger partial charge in [-0.1, -0.05) is 17.7 Å². The summed E-state index contributed by atoms with van der Waals surface area (Å²) in [5.74, 6) is -4.59. The molecule has 5 nitrogen and oxygen atoms in total. The lowest BCUT2D eigenvalue weighted by Gasteiger charge is -2.24. The van der Waals surface area contributed by atoms with Crippen LogP contribution in [-0.2, 0) is 17.5 Å². The van der Waals surface area contributed by atoms with Gasteiger partial charge in [-0.25, -0.2) is 22.4 Å². The minimum absolute atomic E-state index is 0.185. The van der Waals surface area contributed by atoms with Gasteiger partial charge in [0.15, 0.2) is 16.8 Å². The Morgan fingerprint density at radius 1 is 1.03 bits per heavy atom. The summed E-state index contributed by atoms with van der Waals surface area (Å²) in [6.45, 7) is -0.260. The van der Waals surface area contributed by atoms with Crippen LogP contribution in [0.25, 0.3) is 0 Å². The van der Waals surface area contributed by atoms with E-state index in [2.05, 4.69) is 4.98 Å². The molecule has 0 amide bonds. The van der Waals surface area contributed by atoms with E-state index in [1.54, 1.807) is 18.2 Å². The molecule has 164 valence electrons. The van der Waals surface area contributed by atoms with Crippen LogP contribution in [0, 0.1) is 23.4 Å². The number of hydrogen-bond donors (Lipinski definition) is 0. The maximum atomic E-state index is 14.5. The predicted molar refractivity (Wildman–Crippen MR) is 108 cm³/mol. The Morgan fingerprint density at radius 3 is 2.42 bits per heavy atom. The molecule has 1 unspecified atom stereocenters. The van der Waals surface area contributed by atoms with Crippen molar-refractivity contribution in [3.8, 4) is 11.5 Å². The highest BCUT2D eigenvalue weighted by Crippen LogP contribution is 2.32. The Balaban J connectivity index is 2.13. The quantitative estimate of drug-likeness (QED) is 0.208. The predicted octanol–water partition coefficient (Wildman–Crippen LogP) is 5.04. The van der Waals surface area contributed by atoms with Gasteiger partial charge in [-0.2, -0.15) is 4.39 Å². The zero-order valence-corrected chi connectivity index (χ0v) is 17.7. The molecule has 11 heteroatoms. The molecule has 0 radical (unpaired) electrons. The molecule has 1 aromatic heterocycles. The largest absolute Gasteiger partial charge is 0.497 e. The van der Waals surface area contributed by atoms with Crippen molar-refractivity contribution in [2.45, 2.75) is 11.4 Å². The number of halogens is 5. The van der Waals surface area contributed by atoms with Crippen molar-refractivity contribution in [2.24, 2.45) is 0 Å². The number of rotatable bonds is 7. The summed E-state index contributed by atoms with van der Waals surface area (Å²) in [6, 6.07) is 8.68. The molecule has 3 aromatic rings. The second-order valence-corrected chi connectivity index (χ2v) is 7.80. The second-order valence-electron chi connectivity index (χ2n) is 6.08. The van der Waals surface area contributed by atoms with Crippen molar-refractivity contribution in [2.75, 3.05) is 18.5 Å². The van der Waals surface area contributed by atoms with E-state index in [1.165, 1.54) is 26.4 Å². The van der Waals surface area contributed by atoms with Crippen LogP contribution in [0.4, 0.5) is 23.4 Å². The average Bonchev–Trinajstić information content (AvgIpc) is 2.75. The number of nitrogens with zero attached hydrogens (tertiary/aromatic N) is 2. The number of hydrogen-bond acceptors (Lipinski definition) is 4. The number of pyridine rings is 1. The molecule has 1 atom stereocenters. The van der Waals surface area contributed by atoms with E-state index in [0.29, 0.717) is 23.1 Å². The van der Waals surface area contributed by atoms with Gasteiger partial charge in [0.05, 0.1) is 20.8 Å². The Morgan fingerprint density at radius 2 is 1.77 bits per heavy atom. The molecular weight excluding hydrogens is 460 g/mol. The van der Waals surface area contributed by atoms with Gasteiger partial charge in [0.25, 0.3) is 0 Å². The molecule has 3 rings (SSSR count). The highest BCUT2D eigenvalue weighted by atomic mass is 35.5. The van der Waals surface area contributed by atoms with Crippen molar-refractivity contribution < 1.29 is 31.2 Å². The number of aromatic nitrogens is 1. The topological polar surface area (TPSA) is 51.7 Å². The molecule has 0 aliphatic heterocycles. The van der Waals surface area contributed by atoms with E-state index >= 15 is 0 Å². The standard InChI is InChI=1S/C20H15ClF4N2O3S/c1-29-12-7-6-11(15(8-12)30-2)10-27(17-5-3-4-16(24)26-17)31(28)20-14(23)9-13(22)18(21)19(20)25/h3-9H,10H2,1-2H3. The van der Waals surface area contributed by atoms with Crippen LogP contribution < -0.4 is 13.8 Å². The van der Waals surface area contributed by atoms with Crippen molar-refractivity contribution >= 4 is 28.4 Å². The lowest BCUT2D eigenvalue weighted by atomic mass is 10.2. The molecule has 0 saturated carbocycles. The first kappa shape index (κ1) is 22.8. The third-order valence-electron chi connectivity index (χ3n) is 4.21. The molecule has 0 fully saturated rings. The summed E-state index contributed by atoms with van der Waals surface area (Å²) in [5, 5.41) is -1.01. The third-order valence-corrected chi connectivity index (χ3v) is 6.00. The van der Waals surface area contributed by atoms with E-state index in [-0.39, 0.29) is 12.4 Å². The van der Waals surface area contributed by atoms with Gasteiger partial charge in [0, 0.05) is 17.7 Å². The van der Waals surface area contributed by atoms with Gasteiger partial charge in [-0.15, -0.1) is 0 Å². The van der Waals surface area contributed by atoms with Gasteiger partial charge in [0.1, 0.15) is 38.9 Å². The van der Waals surface area contributed by atoms with Gasteiger partial charge in [-0.05, 0) is 24.3 Å². The summed E-state index contributed by atoms with van der Waals surface area (Å²) in [7, 11) is 0.219. The van der Waals surface area contributed by atoms with Crippen molar-refractivity contribution in [3.63, 3.8) is 0 Å². The van der Waals surface area contributed by atoms with E-state index < -0.39 is 44.3 Å². The van der Waals surface area contributed by atoms with Crippen LogP contribution in [0.3, 0.4) is 0 Å². The monoisotopic (exact) mass is 474 g/mol. The van der Waals surface area contributed by atoms with Gasteiger partial charge >= 0.3 is 0 Å². The van der Waals surface area contributed by atoms with E-state index in [4.69, 9.17) is 21.1 Å². The first-order valence-corrected chi connectivity index (χ1v) is 10.1. The van der Waals surface area contributed by atoms with Crippen LogP contribution in [-0.4, -0.2) is 23.4 Å². The maximum Gasteiger partial charge on any atom is 0.214 e. The minimum atomic E-state index is -2.62. The van der Waals surface area contributed by atoms with Crippen molar-refractivity contribution in [1.29, 1.82) is 0 Å². The van der Waals surface area contributed by atoms with Crippen molar-refractivity contribution in [3.05, 3.63) is 76.5 Å². The molecule has 0 spiro atoms. The fourth-order valence-corrected chi connectivity index (χ4v) is 4.15. The summed E-state index contributed by atoms with van der Waals surface area (Å²) in [5.41, 5.74) is 0.428. The van der Waals surface area contributed by atoms with Crippen LogP contribution in [0.5, 0.6) is 11.5 Å². The van der Waals surface area contributed by atoms with Crippen LogP contribution in [0.15, 0.2) is 47.4 Å². The Bertz CT molecular complexity index is 1150. The van der Waals surface area contributed by atoms with Crippen molar-refractivity contribution in [1.82, 2.24) is 4.98 Å². The Kier molecular flexibility index (Phi) is 7.01. The molecule has 2 aromatic carbocycles. The smallest absolute Gasteiger partial charge is 0.214 e. The molecule has 0 bridgehead atoms. The van der Waals surface area contributed by atoms with Crippen LogP contribution in [0.1, 0.15) is 5.56 Å². The van der Waals surface area contributed by atoms with Gasteiger partial charge in [0.2, 0.25) is 5.95 Å². The third kappa shape index (κ3) is 4.75. The Hall–Kier alpha value is -2.85. The fourth-order valence-electron chi connectivity index (χ4n) is 2.72. The number of methoxy groups -OCH3 is 2. The molecule has 0 saturated heterocycles. The highest BCUT2D eigenvalue weighted by Gasteiger charge is 2.28. The number of benzene rings is 2. The van der Waals surface area contributed by atoms with E-state index in [9.17, 15) is 21.8 Å². The lowest BCUT2D eigenvalue weighted by Crippen LogP contribution is -2.28. The first-order valence-electron chi connectivity index (χ1n) is 8.62. The van der Waals surface area contributed by atoms with Crippen LogP contribution in [0.2, 0.25) is 5.02 Å². The average molecular weight is 475 g/mol. The Labute approximate surface area is 182 Å². The molecule has 31 heavy (non-hydrogen) atoms. The van der Waals surface area contributed by atoms with E-state index in [0.717, 1.165) is 10.4 Å². The van der Waals surface area contributed by atoms with E-state index in [1.807, 2.05) is 0 Å². The zero-order valence-electron chi connectivity index (χ0n) is 16.2. The molecular formula is C20H15ClF4N2O3S. The number of anilines is 1. The molecule has 0 aliphatic rings. The van der Waals surface area contributed by atoms with Crippen LogP contribution >= 0.6 is 11.6 Å². The van der Waals surface area contributed by atoms with Gasteiger partial charge < -0.3 is 9.47 Å². The van der Waals surface area contributed by atoms with Gasteiger partial charge in [-0.3, -0.25) is 4.31 Å². The fraction of sp³-hybridized carbons (Fsp3) is 0.150. The zero-order chi connectivity index (χ0) is 22.7. The molecule has 0 aliphatic carbocycles. The lowest BCUT2D eigenvalue weighted by molar-refractivity contribution is 0.391. The molecule has 0 N–H and O–H groups in total. The number of ether oxygens (including phenoxy) is 2. The molecule has 1 heterocycles. The summed E-state index contributed by atoms with van der Waals surface area (Å²) in [4.78, 5) is 2.66. The minimum Gasteiger partial charge on any atom is -0.497 e. The summed E-state index contributed by atoms with van der Waals surface area (Å²) < 4.78 is 80.8. The maximum absolute atomic E-state index is 14.5. The summed E-state index contributed by atoms with van der Waals surface area (Å²) in [6.07, 6.45) is 0.